The van der Waals surface area contributed by atoms with Gasteiger partial charge in [-0.15, -0.1) is 11.3 Å². The monoisotopic (exact) mass is 378 g/mol. The summed E-state index contributed by atoms with van der Waals surface area (Å²) in [6.07, 6.45) is 5.55. The van der Waals surface area contributed by atoms with Gasteiger partial charge in [0.2, 0.25) is 10.0 Å². The van der Waals surface area contributed by atoms with Crippen LogP contribution in [0.3, 0.4) is 0 Å². The summed E-state index contributed by atoms with van der Waals surface area (Å²) in [7, 11) is -3.33. The molecule has 1 saturated heterocycles. The van der Waals surface area contributed by atoms with E-state index in [0.29, 0.717) is 24.0 Å². The average Bonchev–Trinajstić information content (AvgIpc) is 3.20. The summed E-state index contributed by atoms with van der Waals surface area (Å²) in [5, 5.41) is 3.43. The fourth-order valence-corrected chi connectivity index (χ4v) is 6.54. The van der Waals surface area contributed by atoms with E-state index in [1.54, 1.807) is 4.31 Å². The first-order valence-electron chi connectivity index (χ1n) is 7.09. The summed E-state index contributed by atoms with van der Waals surface area (Å²) >= 11 is 4.95. The van der Waals surface area contributed by atoms with Gasteiger partial charge >= 0.3 is 0 Å². The van der Waals surface area contributed by atoms with Crippen molar-refractivity contribution >= 4 is 37.3 Å². The Bertz CT molecular complexity index is 575. The van der Waals surface area contributed by atoms with Crippen LogP contribution in [0.15, 0.2) is 14.7 Å². The van der Waals surface area contributed by atoms with E-state index in [2.05, 4.69) is 21.2 Å². The second-order valence-electron chi connectivity index (χ2n) is 5.47. The lowest BCUT2D eigenvalue weighted by Crippen LogP contribution is -2.35. The average molecular weight is 379 g/mol. The lowest BCUT2D eigenvalue weighted by molar-refractivity contribution is 0.346. The lowest BCUT2D eigenvalue weighted by Gasteiger charge is -2.25. The molecule has 1 aliphatic heterocycles. The van der Waals surface area contributed by atoms with Crippen LogP contribution in [0.1, 0.15) is 37.0 Å². The van der Waals surface area contributed by atoms with Gasteiger partial charge in [0.05, 0.1) is 3.79 Å². The smallest absolute Gasteiger partial charge is 0.245 e. The van der Waals surface area contributed by atoms with Crippen molar-refractivity contribution in [2.45, 2.75) is 49.6 Å². The van der Waals surface area contributed by atoms with Gasteiger partial charge in [0.25, 0.3) is 0 Å². The standard InChI is InChI=1S/C13H19BrN2O2S2/c14-13-12(8-11(19-13)9-15-10-4-5-10)20(17,18)16-6-2-1-3-7-16/h8,10,15H,1-7,9H2. The molecule has 0 amide bonds. The Morgan fingerprint density at radius 2 is 2.00 bits per heavy atom. The molecule has 2 aliphatic rings. The van der Waals surface area contributed by atoms with Crippen molar-refractivity contribution in [2.75, 3.05) is 13.1 Å². The molecule has 0 aromatic carbocycles. The Balaban J connectivity index is 1.77. The topological polar surface area (TPSA) is 49.4 Å². The zero-order chi connectivity index (χ0) is 14.2. The quantitative estimate of drug-likeness (QED) is 0.856. The number of nitrogens with one attached hydrogen (secondary N) is 1. The molecule has 2 fully saturated rings. The number of hydrogen-bond donors (Lipinski definition) is 1. The number of nitrogens with zero attached hydrogens (tertiary/aromatic N) is 1. The van der Waals surface area contributed by atoms with Gasteiger partial charge in [-0.05, 0) is 47.7 Å². The van der Waals surface area contributed by atoms with Crippen LogP contribution in [0.25, 0.3) is 0 Å². The summed E-state index contributed by atoms with van der Waals surface area (Å²) in [6, 6.07) is 2.46. The Morgan fingerprint density at radius 1 is 1.30 bits per heavy atom. The first kappa shape index (κ1) is 15.0. The molecule has 1 aromatic rings. The lowest BCUT2D eigenvalue weighted by atomic mass is 10.2. The molecule has 0 bridgehead atoms. The molecule has 1 saturated carbocycles. The van der Waals surface area contributed by atoms with Crippen molar-refractivity contribution in [3.63, 3.8) is 0 Å². The second-order valence-corrected chi connectivity index (χ2v) is 9.83. The third-order valence-electron chi connectivity index (χ3n) is 3.78. The number of thiophene rings is 1. The molecule has 112 valence electrons. The number of piperidine rings is 1. The van der Waals surface area contributed by atoms with Crippen LogP contribution in [0.2, 0.25) is 0 Å². The van der Waals surface area contributed by atoms with Gasteiger partial charge in [-0.2, -0.15) is 4.31 Å². The third-order valence-corrected chi connectivity index (χ3v) is 7.93. The van der Waals surface area contributed by atoms with E-state index in [0.717, 1.165) is 34.5 Å². The molecular weight excluding hydrogens is 360 g/mol. The third kappa shape index (κ3) is 3.27. The van der Waals surface area contributed by atoms with E-state index in [1.165, 1.54) is 24.2 Å². The van der Waals surface area contributed by atoms with Gasteiger partial charge in [-0.3, -0.25) is 0 Å². The maximum atomic E-state index is 12.7. The molecule has 3 rings (SSSR count). The van der Waals surface area contributed by atoms with E-state index < -0.39 is 10.0 Å². The van der Waals surface area contributed by atoms with Gasteiger partial charge in [0.15, 0.2) is 0 Å². The minimum Gasteiger partial charge on any atom is -0.309 e. The van der Waals surface area contributed by atoms with Crippen LogP contribution >= 0.6 is 27.3 Å². The van der Waals surface area contributed by atoms with Crippen molar-refractivity contribution in [1.82, 2.24) is 9.62 Å². The maximum absolute atomic E-state index is 12.7. The predicted molar refractivity (Wildman–Crippen MR) is 84.5 cm³/mol. The number of rotatable bonds is 5. The SMILES string of the molecule is O=S(=O)(c1cc(CNC2CC2)sc1Br)N1CCCCC1. The summed E-state index contributed by atoms with van der Waals surface area (Å²) in [5.41, 5.74) is 0. The zero-order valence-electron chi connectivity index (χ0n) is 11.3. The molecule has 1 aliphatic carbocycles. The van der Waals surface area contributed by atoms with Crippen LogP contribution in [0.4, 0.5) is 0 Å². The number of halogens is 1. The number of hydrogen-bond acceptors (Lipinski definition) is 4. The van der Waals surface area contributed by atoms with E-state index >= 15 is 0 Å². The van der Waals surface area contributed by atoms with Crippen molar-refractivity contribution in [2.24, 2.45) is 0 Å². The normalized spacial score (nSPS) is 21.2. The van der Waals surface area contributed by atoms with E-state index in [1.807, 2.05) is 6.07 Å². The Labute approximate surface area is 132 Å². The van der Waals surface area contributed by atoms with Crippen LogP contribution < -0.4 is 5.32 Å². The van der Waals surface area contributed by atoms with Gasteiger partial charge in [0.1, 0.15) is 4.90 Å². The molecule has 2 heterocycles. The first-order chi connectivity index (χ1) is 9.57. The van der Waals surface area contributed by atoms with Crippen molar-refractivity contribution < 1.29 is 8.42 Å². The van der Waals surface area contributed by atoms with Gasteiger partial charge in [0, 0.05) is 30.6 Å². The molecule has 20 heavy (non-hydrogen) atoms. The molecule has 0 radical (unpaired) electrons. The number of sulfonamides is 1. The largest absolute Gasteiger partial charge is 0.309 e. The highest BCUT2D eigenvalue weighted by atomic mass is 79.9. The highest BCUT2D eigenvalue weighted by Crippen LogP contribution is 2.34. The second kappa shape index (κ2) is 6.04. The minimum atomic E-state index is -3.33. The van der Waals surface area contributed by atoms with E-state index in [4.69, 9.17) is 0 Å². The molecule has 0 unspecified atom stereocenters. The molecule has 0 atom stereocenters. The molecule has 7 heteroatoms. The van der Waals surface area contributed by atoms with Crippen molar-refractivity contribution in [3.8, 4) is 0 Å². The summed E-state index contributed by atoms with van der Waals surface area (Å²) < 4.78 is 27.7. The summed E-state index contributed by atoms with van der Waals surface area (Å²) in [4.78, 5) is 1.52. The van der Waals surface area contributed by atoms with Crippen molar-refractivity contribution in [1.29, 1.82) is 0 Å². The fourth-order valence-electron chi connectivity index (χ4n) is 2.44. The Kier molecular flexibility index (Phi) is 4.52. The van der Waals surface area contributed by atoms with E-state index in [9.17, 15) is 8.42 Å². The van der Waals surface area contributed by atoms with Crippen LogP contribution in [-0.4, -0.2) is 31.9 Å². The molecule has 4 nitrogen and oxygen atoms in total. The van der Waals surface area contributed by atoms with Crippen LogP contribution in [0, 0.1) is 0 Å². The molecule has 0 spiro atoms. The summed E-state index contributed by atoms with van der Waals surface area (Å²) in [6.45, 7) is 2.07. The highest BCUT2D eigenvalue weighted by molar-refractivity contribution is 9.11. The van der Waals surface area contributed by atoms with Crippen LogP contribution in [0.5, 0.6) is 0 Å². The Morgan fingerprint density at radius 3 is 2.65 bits per heavy atom. The molecule has 1 N–H and O–H groups in total. The predicted octanol–water partition coefficient (Wildman–Crippen LogP) is 2.94. The van der Waals surface area contributed by atoms with Crippen molar-refractivity contribution in [3.05, 3.63) is 14.7 Å². The first-order valence-corrected chi connectivity index (χ1v) is 10.1. The van der Waals surface area contributed by atoms with Gasteiger partial charge in [-0.1, -0.05) is 6.42 Å². The minimum absolute atomic E-state index is 0.442. The van der Waals surface area contributed by atoms with Gasteiger partial charge in [-0.25, -0.2) is 8.42 Å². The maximum Gasteiger partial charge on any atom is 0.245 e. The molecular formula is C13H19BrN2O2S2. The van der Waals surface area contributed by atoms with Gasteiger partial charge < -0.3 is 5.32 Å². The highest BCUT2D eigenvalue weighted by Gasteiger charge is 2.29. The zero-order valence-corrected chi connectivity index (χ0v) is 14.5. The summed E-state index contributed by atoms with van der Waals surface area (Å²) in [5.74, 6) is 0. The fraction of sp³-hybridized carbons (Fsp3) is 0.692. The molecule has 1 aromatic heterocycles. The van der Waals surface area contributed by atoms with E-state index in [-0.39, 0.29) is 0 Å². The van der Waals surface area contributed by atoms with Crippen LogP contribution in [-0.2, 0) is 16.6 Å². The Hall–Kier alpha value is 0.0500.